The average Bonchev–Trinajstić information content (AvgIpc) is 3.40. The van der Waals surface area contributed by atoms with Gasteiger partial charge >= 0.3 is 0 Å². The molecule has 9 rings (SSSR count). The van der Waals surface area contributed by atoms with Crippen LogP contribution < -0.4 is 0 Å². The van der Waals surface area contributed by atoms with E-state index in [1.807, 2.05) is 24.3 Å². The van der Waals surface area contributed by atoms with Gasteiger partial charge < -0.3 is 4.57 Å². The van der Waals surface area contributed by atoms with Crippen LogP contribution in [0.15, 0.2) is 140 Å². The number of fused-ring (bicyclic) bond motifs is 9. The Balaban J connectivity index is 1.45. The van der Waals surface area contributed by atoms with E-state index >= 15 is 0 Å². The van der Waals surface area contributed by atoms with Gasteiger partial charge in [0, 0.05) is 32.3 Å². The van der Waals surface area contributed by atoms with E-state index in [0.717, 1.165) is 60.4 Å². The average molecular weight is 546 g/mol. The standard InChI is InChI=1S/C40H23N3/c41-24-25-13-15-26(16-14-25)29-19-22-37-35(23-29)32-11-5-6-12-36(32)43(37)40-33-20-17-27-7-1-3-9-30(27)38(33)42-39-31-10-4-2-8-28(31)18-21-34(39)40/h1-23H. The van der Waals surface area contributed by atoms with Crippen molar-refractivity contribution in [1.82, 2.24) is 9.55 Å². The van der Waals surface area contributed by atoms with Gasteiger partial charge in [0.2, 0.25) is 0 Å². The van der Waals surface area contributed by atoms with E-state index < -0.39 is 0 Å². The van der Waals surface area contributed by atoms with Crippen LogP contribution in [-0.2, 0) is 0 Å². The maximum atomic E-state index is 9.28. The molecule has 43 heavy (non-hydrogen) atoms. The van der Waals surface area contributed by atoms with Crippen LogP contribution >= 0.6 is 0 Å². The molecule has 0 aliphatic rings. The second-order valence-corrected chi connectivity index (χ2v) is 11.1. The number of pyridine rings is 1. The summed E-state index contributed by atoms with van der Waals surface area (Å²) in [7, 11) is 0. The molecule has 2 aromatic heterocycles. The third-order valence-corrected chi connectivity index (χ3v) is 8.78. The van der Waals surface area contributed by atoms with Crippen molar-refractivity contribution in [3.8, 4) is 22.9 Å². The van der Waals surface area contributed by atoms with Crippen LogP contribution in [0, 0.1) is 11.3 Å². The maximum absolute atomic E-state index is 9.28. The summed E-state index contributed by atoms with van der Waals surface area (Å²) in [5.41, 5.74) is 8.36. The fourth-order valence-electron chi connectivity index (χ4n) is 6.76. The van der Waals surface area contributed by atoms with E-state index in [1.165, 1.54) is 21.5 Å². The van der Waals surface area contributed by atoms with Crippen LogP contribution in [0.25, 0.3) is 82.0 Å². The van der Waals surface area contributed by atoms with Gasteiger partial charge in [-0.2, -0.15) is 5.26 Å². The first kappa shape index (κ1) is 23.7. The number of para-hydroxylation sites is 1. The lowest BCUT2D eigenvalue weighted by Crippen LogP contribution is -1.99. The Hall–Kier alpha value is -5.98. The fraction of sp³-hybridized carbons (Fsp3) is 0. The van der Waals surface area contributed by atoms with Crippen molar-refractivity contribution in [2.75, 3.05) is 0 Å². The number of rotatable bonds is 2. The van der Waals surface area contributed by atoms with Gasteiger partial charge in [0.15, 0.2) is 0 Å². The van der Waals surface area contributed by atoms with E-state index in [4.69, 9.17) is 4.98 Å². The normalized spacial score (nSPS) is 11.7. The predicted molar refractivity (Wildman–Crippen MR) is 179 cm³/mol. The molecule has 0 spiro atoms. The monoisotopic (exact) mass is 545 g/mol. The lowest BCUT2D eigenvalue weighted by molar-refractivity contribution is 1.21. The quantitative estimate of drug-likeness (QED) is 0.160. The molecule has 0 N–H and O–H groups in total. The highest BCUT2D eigenvalue weighted by molar-refractivity contribution is 6.20. The van der Waals surface area contributed by atoms with Crippen LogP contribution in [0.4, 0.5) is 0 Å². The molecular weight excluding hydrogens is 522 g/mol. The highest BCUT2D eigenvalue weighted by Gasteiger charge is 2.20. The zero-order valence-electron chi connectivity index (χ0n) is 23.1. The van der Waals surface area contributed by atoms with Gasteiger partial charge in [0.25, 0.3) is 0 Å². The molecule has 0 atom stereocenters. The van der Waals surface area contributed by atoms with Crippen LogP contribution in [-0.4, -0.2) is 9.55 Å². The molecule has 0 unspecified atom stereocenters. The molecule has 0 radical (unpaired) electrons. The van der Waals surface area contributed by atoms with Crippen LogP contribution in [0.2, 0.25) is 0 Å². The highest BCUT2D eigenvalue weighted by atomic mass is 15.0. The SMILES string of the molecule is N#Cc1ccc(-c2ccc3c(c2)c2ccccc2n3-c2c3ccc4ccccc4c3nc3c2ccc2ccccc23)cc1. The van der Waals surface area contributed by atoms with E-state index in [-0.39, 0.29) is 0 Å². The van der Waals surface area contributed by atoms with Crippen molar-refractivity contribution in [2.24, 2.45) is 0 Å². The minimum absolute atomic E-state index is 0.665. The van der Waals surface area contributed by atoms with Gasteiger partial charge in [-0.1, -0.05) is 109 Å². The van der Waals surface area contributed by atoms with Crippen molar-refractivity contribution < 1.29 is 0 Å². The Morgan fingerprint density at radius 1 is 0.465 bits per heavy atom. The third kappa shape index (κ3) is 3.44. The number of nitrogens with zero attached hydrogens (tertiary/aromatic N) is 3. The predicted octanol–water partition coefficient (Wildman–Crippen LogP) is 10.3. The summed E-state index contributed by atoms with van der Waals surface area (Å²) in [6, 6.07) is 51.4. The first-order valence-corrected chi connectivity index (χ1v) is 14.5. The zero-order valence-corrected chi connectivity index (χ0v) is 23.1. The number of hydrogen-bond acceptors (Lipinski definition) is 2. The Bertz CT molecular complexity index is 2520. The van der Waals surface area contributed by atoms with Gasteiger partial charge in [-0.25, -0.2) is 4.98 Å². The summed E-state index contributed by atoms with van der Waals surface area (Å²) in [6.07, 6.45) is 0. The molecular formula is C40H23N3. The Morgan fingerprint density at radius 2 is 1.02 bits per heavy atom. The summed E-state index contributed by atoms with van der Waals surface area (Å²) >= 11 is 0. The molecule has 0 saturated heterocycles. The lowest BCUT2D eigenvalue weighted by atomic mass is 9.99. The minimum atomic E-state index is 0.665. The molecule has 2 heterocycles. The summed E-state index contributed by atoms with van der Waals surface area (Å²) in [4.78, 5) is 5.40. The maximum Gasteiger partial charge on any atom is 0.0991 e. The lowest BCUT2D eigenvalue weighted by Gasteiger charge is -2.17. The van der Waals surface area contributed by atoms with Gasteiger partial charge in [-0.3, -0.25) is 0 Å². The van der Waals surface area contributed by atoms with E-state index in [9.17, 15) is 5.26 Å². The van der Waals surface area contributed by atoms with Crippen molar-refractivity contribution in [2.45, 2.75) is 0 Å². The van der Waals surface area contributed by atoms with Gasteiger partial charge in [-0.15, -0.1) is 0 Å². The molecule has 0 bridgehead atoms. The van der Waals surface area contributed by atoms with Crippen molar-refractivity contribution in [3.05, 3.63) is 145 Å². The summed E-state index contributed by atoms with van der Waals surface area (Å²) in [6.45, 7) is 0. The van der Waals surface area contributed by atoms with E-state index in [1.54, 1.807) is 0 Å². The molecule has 0 saturated carbocycles. The molecule has 0 fully saturated rings. The summed E-state index contributed by atoms with van der Waals surface area (Å²) in [5.74, 6) is 0. The number of benzene rings is 7. The van der Waals surface area contributed by atoms with Crippen LogP contribution in [0.3, 0.4) is 0 Å². The molecule has 0 amide bonds. The Morgan fingerprint density at radius 3 is 1.67 bits per heavy atom. The topological polar surface area (TPSA) is 41.6 Å². The van der Waals surface area contributed by atoms with E-state index in [2.05, 4.69) is 126 Å². The second-order valence-electron chi connectivity index (χ2n) is 11.1. The molecule has 9 aromatic rings. The molecule has 7 aromatic carbocycles. The zero-order chi connectivity index (χ0) is 28.5. The first-order valence-electron chi connectivity index (χ1n) is 14.5. The van der Waals surface area contributed by atoms with Crippen molar-refractivity contribution >= 4 is 65.2 Å². The van der Waals surface area contributed by atoms with E-state index in [0.29, 0.717) is 5.56 Å². The molecule has 0 aliphatic heterocycles. The first-order chi connectivity index (χ1) is 21.3. The third-order valence-electron chi connectivity index (χ3n) is 8.78. The van der Waals surface area contributed by atoms with Crippen LogP contribution in [0.5, 0.6) is 0 Å². The second kappa shape index (κ2) is 9.01. The van der Waals surface area contributed by atoms with Crippen molar-refractivity contribution in [1.29, 1.82) is 5.26 Å². The molecule has 3 heteroatoms. The summed E-state index contributed by atoms with van der Waals surface area (Å²) in [5, 5.41) is 18.6. The fourth-order valence-corrected chi connectivity index (χ4v) is 6.76. The molecule has 3 nitrogen and oxygen atoms in total. The number of aromatic nitrogens is 2. The van der Waals surface area contributed by atoms with Gasteiger partial charge in [-0.05, 0) is 52.2 Å². The largest absolute Gasteiger partial charge is 0.308 e. The molecule has 0 aliphatic carbocycles. The number of nitriles is 1. The summed E-state index contributed by atoms with van der Waals surface area (Å²) < 4.78 is 2.43. The van der Waals surface area contributed by atoms with Gasteiger partial charge in [0.05, 0.1) is 39.4 Å². The highest BCUT2D eigenvalue weighted by Crippen LogP contribution is 2.41. The minimum Gasteiger partial charge on any atom is -0.308 e. The van der Waals surface area contributed by atoms with Crippen LogP contribution in [0.1, 0.15) is 5.56 Å². The smallest absolute Gasteiger partial charge is 0.0991 e. The van der Waals surface area contributed by atoms with Crippen molar-refractivity contribution in [3.63, 3.8) is 0 Å². The molecule has 198 valence electrons. The van der Waals surface area contributed by atoms with Gasteiger partial charge in [0.1, 0.15) is 0 Å². The number of hydrogen-bond donors (Lipinski definition) is 0. The Labute approximate surface area is 247 Å². The Kier molecular flexibility index (Phi) is 4.97.